The van der Waals surface area contributed by atoms with Gasteiger partial charge < -0.3 is 10.2 Å². The van der Waals surface area contributed by atoms with Gasteiger partial charge in [0, 0.05) is 46.4 Å². The molecule has 3 aromatic rings. The predicted molar refractivity (Wildman–Crippen MR) is 170 cm³/mol. The Morgan fingerprint density at radius 2 is 1.75 bits per heavy atom. The first-order chi connectivity index (χ1) is 21.2. The average Bonchev–Trinajstić information content (AvgIpc) is 2.99. The summed E-state index contributed by atoms with van der Waals surface area (Å²) in [6.07, 6.45) is 7.15. The summed E-state index contributed by atoms with van der Waals surface area (Å²) in [6, 6.07) is 5.33. The van der Waals surface area contributed by atoms with Crippen molar-refractivity contribution < 1.29 is 17.4 Å². The van der Waals surface area contributed by atoms with E-state index < -0.39 is 40.6 Å². The monoisotopic (exact) mass is 631 g/mol. The van der Waals surface area contributed by atoms with Crippen LogP contribution in [0.15, 0.2) is 35.4 Å². The van der Waals surface area contributed by atoms with E-state index in [1.165, 1.54) is 24.5 Å². The number of hydrogen-bond acceptors (Lipinski definition) is 6. The highest BCUT2D eigenvalue weighted by molar-refractivity contribution is 7.85. The molecule has 44 heavy (non-hydrogen) atoms. The van der Waals surface area contributed by atoms with Gasteiger partial charge in [-0.1, -0.05) is 38.0 Å². The second-order valence-electron chi connectivity index (χ2n) is 12.3. The fraction of sp³-hybridized carbons (Fsp3) is 0.606. The molecule has 7 nitrogen and oxygen atoms in total. The van der Waals surface area contributed by atoms with E-state index in [1.807, 2.05) is 6.07 Å². The number of fused-ring (bicyclic) bond motifs is 2. The van der Waals surface area contributed by atoms with E-state index in [2.05, 4.69) is 27.1 Å². The van der Waals surface area contributed by atoms with Crippen molar-refractivity contribution in [3.8, 4) is 0 Å². The number of halogens is 3. The second-order valence-corrected chi connectivity index (χ2v) is 14.0. The van der Waals surface area contributed by atoms with Crippen molar-refractivity contribution >= 4 is 27.7 Å². The zero-order valence-corrected chi connectivity index (χ0v) is 26.6. The normalized spacial score (nSPS) is 24.2. The largest absolute Gasteiger partial charge is 0.363 e. The Morgan fingerprint density at radius 1 is 1.02 bits per heavy atom. The quantitative estimate of drug-likeness (QED) is 0.339. The Balaban J connectivity index is 1.56. The van der Waals surface area contributed by atoms with Crippen LogP contribution in [0.3, 0.4) is 0 Å². The zero-order valence-electron chi connectivity index (χ0n) is 25.8. The summed E-state index contributed by atoms with van der Waals surface area (Å²) in [5, 5.41) is 3.88. The molecule has 1 fully saturated rings. The van der Waals surface area contributed by atoms with Crippen LogP contribution in [0.5, 0.6) is 0 Å². The average molecular weight is 632 g/mol. The Morgan fingerprint density at radius 3 is 2.50 bits per heavy atom. The van der Waals surface area contributed by atoms with Gasteiger partial charge in [0.15, 0.2) is 0 Å². The molecule has 2 aliphatic rings. The molecule has 4 heterocycles. The lowest BCUT2D eigenvalue weighted by Gasteiger charge is -2.25. The molecule has 0 amide bonds. The van der Waals surface area contributed by atoms with Crippen molar-refractivity contribution in [1.82, 2.24) is 19.4 Å². The summed E-state index contributed by atoms with van der Waals surface area (Å²) in [5.41, 5.74) is 0.611. The Labute approximate surface area is 260 Å². The van der Waals surface area contributed by atoms with Crippen LogP contribution in [0, 0.1) is 5.82 Å². The molecule has 0 unspecified atom stereocenters. The van der Waals surface area contributed by atoms with E-state index in [1.54, 1.807) is 11.5 Å². The van der Waals surface area contributed by atoms with Crippen molar-refractivity contribution in [2.24, 2.45) is 0 Å². The van der Waals surface area contributed by atoms with Gasteiger partial charge in [-0.3, -0.25) is 13.6 Å². The minimum absolute atomic E-state index is 0.0206. The molecule has 0 aliphatic carbocycles. The van der Waals surface area contributed by atoms with E-state index in [4.69, 9.17) is 0 Å². The minimum Gasteiger partial charge on any atom is -0.363 e. The highest BCUT2D eigenvalue weighted by Gasteiger charge is 2.35. The SMILES string of the molecule is CCCN1CCCCCCn2c(=O)c(C3CCS(=O)CC3)cc3c(ncnc32)N[C@H](C)c2cccc(c2F)C(F)(F)CCC1. The number of hydrogen-bond donors (Lipinski definition) is 1. The maximum absolute atomic E-state index is 15.8. The van der Waals surface area contributed by atoms with Crippen LogP contribution in [-0.4, -0.2) is 54.8 Å². The smallest absolute Gasteiger partial charge is 0.276 e. The van der Waals surface area contributed by atoms with Crippen LogP contribution in [0.2, 0.25) is 0 Å². The summed E-state index contributed by atoms with van der Waals surface area (Å²) in [5.74, 6) is -2.69. The number of pyridine rings is 1. The third kappa shape index (κ3) is 7.36. The lowest BCUT2D eigenvalue weighted by atomic mass is 9.93. The molecule has 0 radical (unpaired) electrons. The van der Waals surface area contributed by atoms with Gasteiger partial charge in [0.25, 0.3) is 11.5 Å². The number of anilines is 1. The molecular weight excluding hydrogens is 587 g/mol. The molecule has 1 atom stereocenters. The lowest BCUT2D eigenvalue weighted by molar-refractivity contribution is -0.0208. The number of benzene rings is 1. The van der Waals surface area contributed by atoms with Gasteiger partial charge in [-0.25, -0.2) is 23.1 Å². The van der Waals surface area contributed by atoms with Crippen molar-refractivity contribution in [3.05, 3.63) is 63.5 Å². The number of rotatable bonds is 3. The van der Waals surface area contributed by atoms with Gasteiger partial charge in [-0.2, -0.15) is 0 Å². The van der Waals surface area contributed by atoms with Crippen molar-refractivity contribution in [3.63, 3.8) is 0 Å². The molecular formula is C33H44F3N5O2S. The van der Waals surface area contributed by atoms with Gasteiger partial charge in [0.05, 0.1) is 17.0 Å². The van der Waals surface area contributed by atoms with Crippen LogP contribution < -0.4 is 10.9 Å². The van der Waals surface area contributed by atoms with Gasteiger partial charge >= 0.3 is 0 Å². The van der Waals surface area contributed by atoms with Crippen molar-refractivity contribution in [2.45, 2.75) is 96.1 Å². The summed E-state index contributed by atoms with van der Waals surface area (Å²) >= 11 is 0. The summed E-state index contributed by atoms with van der Waals surface area (Å²) in [7, 11) is -0.866. The minimum atomic E-state index is -3.30. The first-order valence-corrected chi connectivity index (χ1v) is 17.6. The van der Waals surface area contributed by atoms with Crippen LogP contribution >= 0.6 is 0 Å². The Kier molecular flexibility index (Phi) is 10.8. The number of aryl methyl sites for hydroxylation is 1. The first kappa shape index (κ1) is 32.6. The fourth-order valence-corrected chi connectivity index (χ4v) is 7.94. The summed E-state index contributed by atoms with van der Waals surface area (Å²) < 4.78 is 60.4. The molecule has 1 N–H and O–H groups in total. The van der Waals surface area contributed by atoms with Gasteiger partial charge in [0.2, 0.25) is 0 Å². The number of aromatic nitrogens is 3. The van der Waals surface area contributed by atoms with Crippen molar-refractivity contribution in [2.75, 3.05) is 36.5 Å². The molecule has 240 valence electrons. The molecule has 6 bridgehead atoms. The maximum Gasteiger partial charge on any atom is 0.276 e. The third-order valence-corrected chi connectivity index (χ3v) is 10.5. The molecule has 0 saturated carbocycles. The van der Waals surface area contributed by atoms with Gasteiger partial charge in [-0.15, -0.1) is 0 Å². The molecule has 11 heteroatoms. The Bertz CT molecular complexity index is 1520. The molecule has 2 aromatic heterocycles. The van der Waals surface area contributed by atoms with E-state index in [-0.39, 0.29) is 23.5 Å². The highest BCUT2D eigenvalue weighted by atomic mass is 32.2. The second kappa shape index (κ2) is 14.5. The summed E-state index contributed by atoms with van der Waals surface area (Å²) in [4.78, 5) is 25.1. The van der Waals surface area contributed by atoms with E-state index in [9.17, 15) is 9.00 Å². The molecule has 0 spiro atoms. The number of nitrogens with zero attached hydrogens (tertiary/aromatic N) is 4. The van der Waals surface area contributed by atoms with Gasteiger partial charge in [-0.05, 0) is 77.1 Å². The van der Waals surface area contributed by atoms with Crippen LogP contribution in [0.25, 0.3) is 11.0 Å². The van der Waals surface area contributed by atoms with Crippen LogP contribution in [0.1, 0.15) is 100 Å². The third-order valence-electron chi connectivity index (χ3n) is 9.09. The lowest BCUT2D eigenvalue weighted by Crippen LogP contribution is -2.30. The zero-order chi connectivity index (χ0) is 31.3. The van der Waals surface area contributed by atoms with Crippen molar-refractivity contribution in [1.29, 1.82) is 0 Å². The Hall–Kier alpha value is -2.79. The van der Waals surface area contributed by atoms with E-state index in [0.29, 0.717) is 59.9 Å². The van der Waals surface area contributed by atoms with E-state index >= 15 is 13.2 Å². The fourth-order valence-electron chi connectivity index (χ4n) is 6.64. The highest BCUT2D eigenvalue weighted by Crippen LogP contribution is 2.38. The first-order valence-electron chi connectivity index (χ1n) is 16.1. The molecule has 1 saturated heterocycles. The van der Waals surface area contributed by atoms with Gasteiger partial charge in [0.1, 0.15) is 23.6 Å². The number of nitrogens with one attached hydrogen (secondary N) is 1. The summed E-state index contributed by atoms with van der Waals surface area (Å²) in [6.45, 7) is 6.52. The molecule has 5 rings (SSSR count). The van der Waals surface area contributed by atoms with E-state index in [0.717, 1.165) is 45.2 Å². The topological polar surface area (TPSA) is 80.1 Å². The molecule has 1 aromatic carbocycles. The predicted octanol–water partition coefficient (Wildman–Crippen LogP) is 6.89. The van der Waals surface area contributed by atoms with Crippen LogP contribution in [0.4, 0.5) is 19.0 Å². The maximum atomic E-state index is 15.8. The number of alkyl halides is 2. The molecule has 2 aliphatic heterocycles. The van der Waals surface area contributed by atoms with Crippen LogP contribution in [-0.2, 0) is 23.3 Å². The standard InChI is InChI=1S/C33H44F3N5O2S/c1-3-15-40-16-6-4-5-7-18-41-31-27(21-26(32(41)42)24-12-19-44(43)20-13-24)30(37-22-38-31)39-23(2)25-10-8-11-28(29(25)34)33(35,36)14-9-17-40/h8,10-11,21-24H,3-7,9,12-20H2,1-2H3,(H,37,38,39)/t23-,24?,44?/m1/s1.